The molecule has 0 aliphatic heterocycles. The molecule has 0 saturated carbocycles. The molecule has 0 saturated heterocycles. The Balaban J connectivity index is 2.99. The number of rotatable bonds is 5. The van der Waals surface area contributed by atoms with Gasteiger partial charge >= 0.3 is 5.97 Å². The number of aromatic carboxylic acids is 1. The van der Waals surface area contributed by atoms with Crippen LogP contribution in [0.5, 0.6) is 0 Å². The van der Waals surface area contributed by atoms with E-state index in [0.29, 0.717) is 5.56 Å². The van der Waals surface area contributed by atoms with E-state index in [0.717, 1.165) is 0 Å². The van der Waals surface area contributed by atoms with Gasteiger partial charge in [0.05, 0.1) is 5.56 Å². The van der Waals surface area contributed by atoms with Crippen LogP contribution in [0.25, 0.3) is 0 Å². The molecule has 19 heavy (non-hydrogen) atoms. The molecule has 0 aromatic heterocycles. The van der Waals surface area contributed by atoms with E-state index in [-0.39, 0.29) is 23.6 Å². The topological polar surface area (TPSA) is 107 Å². The molecule has 0 spiro atoms. The zero-order chi connectivity index (χ0) is 14.6. The van der Waals surface area contributed by atoms with E-state index in [1.54, 1.807) is 19.1 Å². The van der Waals surface area contributed by atoms with Crippen molar-refractivity contribution in [3.63, 3.8) is 0 Å². The summed E-state index contributed by atoms with van der Waals surface area (Å²) in [5, 5.41) is 31.2. The van der Waals surface area contributed by atoms with Gasteiger partial charge in [0.25, 0.3) is 0 Å². The number of aliphatic hydroxyl groups is 2. The lowest BCUT2D eigenvalue weighted by molar-refractivity contribution is -0.119. The highest BCUT2D eigenvalue weighted by Crippen LogP contribution is 2.23. The zero-order valence-corrected chi connectivity index (χ0v) is 10.8. The number of nitrogens with one attached hydrogen (secondary N) is 1. The highest BCUT2D eigenvalue weighted by Gasteiger charge is 2.24. The number of carboxylic acids is 1. The Hall–Kier alpha value is -1.92. The van der Waals surface area contributed by atoms with Crippen LogP contribution >= 0.6 is 0 Å². The van der Waals surface area contributed by atoms with Gasteiger partial charge in [-0.3, -0.25) is 4.79 Å². The molecule has 104 valence electrons. The number of hydrogen-bond acceptors (Lipinski definition) is 4. The van der Waals surface area contributed by atoms with Crippen LogP contribution in [0, 0.1) is 6.92 Å². The number of amides is 1. The summed E-state index contributed by atoms with van der Waals surface area (Å²) in [6, 6.07) is 4.66. The fourth-order valence-corrected chi connectivity index (χ4v) is 1.80. The van der Waals surface area contributed by atoms with Crippen LogP contribution in [0.2, 0.25) is 0 Å². The van der Waals surface area contributed by atoms with E-state index < -0.39 is 18.2 Å². The van der Waals surface area contributed by atoms with Gasteiger partial charge in [-0.2, -0.15) is 0 Å². The highest BCUT2D eigenvalue weighted by molar-refractivity contribution is 5.91. The second-order valence-corrected chi connectivity index (χ2v) is 4.29. The van der Waals surface area contributed by atoms with Gasteiger partial charge < -0.3 is 20.6 Å². The standard InChI is InChI=1S/C13H17NO5/c1-7-4-3-5-9(11(7)13(18)19)12(17)10(16)6-14-8(2)15/h3-5,10,12,16-17H,6H2,1-2H3,(H,14,15)(H,18,19). The summed E-state index contributed by atoms with van der Waals surface area (Å²) in [6.45, 7) is 2.75. The minimum absolute atomic E-state index is 0.0307. The van der Waals surface area contributed by atoms with E-state index in [1.165, 1.54) is 13.0 Å². The maximum Gasteiger partial charge on any atom is 0.336 e. The molecule has 0 radical (unpaired) electrons. The minimum Gasteiger partial charge on any atom is -0.478 e. The van der Waals surface area contributed by atoms with Crippen molar-refractivity contribution in [1.82, 2.24) is 5.32 Å². The van der Waals surface area contributed by atoms with Crippen molar-refractivity contribution in [2.24, 2.45) is 0 Å². The number of benzene rings is 1. The van der Waals surface area contributed by atoms with E-state index in [1.807, 2.05) is 0 Å². The molecule has 0 aliphatic carbocycles. The van der Waals surface area contributed by atoms with Crippen molar-refractivity contribution in [2.45, 2.75) is 26.1 Å². The molecule has 2 unspecified atom stereocenters. The zero-order valence-electron chi connectivity index (χ0n) is 10.8. The van der Waals surface area contributed by atoms with Gasteiger partial charge in [-0.25, -0.2) is 4.79 Å². The minimum atomic E-state index is -1.38. The fraction of sp³-hybridized carbons (Fsp3) is 0.385. The normalized spacial score (nSPS) is 13.7. The first-order valence-corrected chi connectivity index (χ1v) is 5.78. The second kappa shape index (κ2) is 6.31. The lowest BCUT2D eigenvalue weighted by atomic mass is 9.95. The predicted molar refractivity (Wildman–Crippen MR) is 67.8 cm³/mol. The highest BCUT2D eigenvalue weighted by atomic mass is 16.4. The largest absolute Gasteiger partial charge is 0.478 e. The van der Waals surface area contributed by atoms with E-state index >= 15 is 0 Å². The third-order valence-electron chi connectivity index (χ3n) is 2.76. The van der Waals surface area contributed by atoms with Crippen LogP contribution in [-0.4, -0.2) is 39.8 Å². The van der Waals surface area contributed by atoms with Crippen LogP contribution in [0.3, 0.4) is 0 Å². The molecule has 1 aromatic carbocycles. The van der Waals surface area contributed by atoms with Crippen molar-refractivity contribution in [2.75, 3.05) is 6.54 Å². The lowest BCUT2D eigenvalue weighted by Gasteiger charge is -2.20. The van der Waals surface area contributed by atoms with Gasteiger partial charge in [-0.15, -0.1) is 0 Å². The third kappa shape index (κ3) is 3.77. The summed E-state index contributed by atoms with van der Waals surface area (Å²) in [6.07, 6.45) is -2.65. The van der Waals surface area contributed by atoms with Gasteiger partial charge in [-0.1, -0.05) is 18.2 Å². The summed E-state index contributed by atoms with van der Waals surface area (Å²) < 4.78 is 0. The van der Waals surface area contributed by atoms with Crippen LogP contribution in [-0.2, 0) is 4.79 Å². The molecule has 4 N–H and O–H groups in total. The fourth-order valence-electron chi connectivity index (χ4n) is 1.80. The third-order valence-corrected chi connectivity index (χ3v) is 2.76. The molecular formula is C13H17NO5. The Morgan fingerprint density at radius 3 is 2.47 bits per heavy atom. The number of aliphatic hydroxyl groups excluding tert-OH is 2. The van der Waals surface area contributed by atoms with E-state index in [9.17, 15) is 19.8 Å². The maximum atomic E-state index is 11.2. The van der Waals surface area contributed by atoms with Crippen molar-refractivity contribution >= 4 is 11.9 Å². The molecule has 2 atom stereocenters. The first-order valence-electron chi connectivity index (χ1n) is 5.78. The first kappa shape index (κ1) is 15.1. The first-order chi connectivity index (χ1) is 8.84. The average molecular weight is 267 g/mol. The Kier molecular flexibility index (Phi) is 5.02. The van der Waals surface area contributed by atoms with Gasteiger partial charge in [0.1, 0.15) is 12.2 Å². The Morgan fingerprint density at radius 1 is 1.32 bits per heavy atom. The molecule has 0 fully saturated rings. The average Bonchev–Trinajstić information content (AvgIpc) is 2.34. The van der Waals surface area contributed by atoms with Crippen molar-refractivity contribution in [1.29, 1.82) is 0 Å². The summed E-state index contributed by atoms with van der Waals surface area (Å²) >= 11 is 0. The quantitative estimate of drug-likeness (QED) is 0.610. The van der Waals surface area contributed by atoms with E-state index in [2.05, 4.69) is 5.32 Å². The van der Waals surface area contributed by atoms with E-state index in [4.69, 9.17) is 5.11 Å². The summed E-state index contributed by atoms with van der Waals surface area (Å²) in [4.78, 5) is 21.9. The summed E-state index contributed by atoms with van der Waals surface area (Å²) in [5.41, 5.74) is 0.595. The lowest BCUT2D eigenvalue weighted by Crippen LogP contribution is -2.34. The van der Waals surface area contributed by atoms with Gasteiger partial charge in [0, 0.05) is 13.5 Å². The molecule has 1 aromatic rings. The summed E-state index contributed by atoms with van der Waals surface area (Å²) in [7, 11) is 0. The number of carbonyl (C=O) groups is 2. The molecule has 1 amide bonds. The van der Waals surface area contributed by atoms with Crippen LogP contribution in [0.15, 0.2) is 18.2 Å². The maximum absolute atomic E-state index is 11.2. The number of aryl methyl sites for hydroxylation is 1. The Morgan fingerprint density at radius 2 is 1.95 bits per heavy atom. The Bertz CT molecular complexity index is 486. The second-order valence-electron chi connectivity index (χ2n) is 4.29. The number of carbonyl (C=O) groups excluding carboxylic acids is 1. The van der Waals surface area contributed by atoms with Crippen LogP contribution < -0.4 is 5.32 Å². The number of hydrogen-bond donors (Lipinski definition) is 4. The SMILES string of the molecule is CC(=O)NCC(O)C(O)c1cccc(C)c1C(=O)O. The number of carboxylic acid groups (broad SMARTS) is 1. The van der Waals surface area contributed by atoms with Crippen LogP contribution in [0.1, 0.15) is 34.5 Å². The molecule has 6 nitrogen and oxygen atoms in total. The molecule has 0 aliphatic rings. The molecule has 1 rings (SSSR count). The van der Waals surface area contributed by atoms with Gasteiger partial charge in [0.15, 0.2) is 0 Å². The van der Waals surface area contributed by atoms with Crippen molar-refractivity contribution in [3.8, 4) is 0 Å². The summed E-state index contributed by atoms with van der Waals surface area (Å²) in [5.74, 6) is -1.51. The van der Waals surface area contributed by atoms with Crippen molar-refractivity contribution < 1.29 is 24.9 Å². The van der Waals surface area contributed by atoms with Crippen molar-refractivity contribution in [3.05, 3.63) is 34.9 Å². The van der Waals surface area contributed by atoms with Crippen LogP contribution in [0.4, 0.5) is 0 Å². The molecule has 0 bridgehead atoms. The molecule has 0 heterocycles. The predicted octanol–water partition coefficient (Wildman–Crippen LogP) is 0.224. The monoisotopic (exact) mass is 267 g/mol. The van der Waals surface area contributed by atoms with Gasteiger partial charge in [-0.05, 0) is 18.1 Å². The molecule has 6 heteroatoms. The smallest absolute Gasteiger partial charge is 0.336 e. The van der Waals surface area contributed by atoms with Gasteiger partial charge in [0.2, 0.25) is 5.91 Å². The Labute approximate surface area is 110 Å². The molecular weight excluding hydrogens is 250 g/mol.